The van der Waals surface area contributed by atoms with E-state index < -0.39 is 22.0 Å². The van der Waals surface area contributed by atoms with Gasteiger partial charge in [0.25, 0.3) is 15.9 Å². The number of para-hydroxylation sites is 2. The molecule has 0 radical (unpaired) electrons. The minimum atomic E-state index is -3.94. The van der Waals surface area contributed by atoms with Gasteiger partial charge in [0.2, 0.25) is 0 Å². The Kier molecular flexibility index (Phi) is 5.96. The highest BCUT2D eigenvalue weighted by molar-refractivity contribution is 9.10. The molecule has 4 rings (SSSR count). The van der Waals surface area contributed by atoms with Gasteiger partial charge in [-0.25, -0.2) is 8.42 Å². The Balaban J connectivity index is 1.66. The second-order valence-corrected chi connectivity index (χ2v) is 10.2. The van der Waals surface area contributed by atoms with Crippen molar-refractivity contribution in [3.63, 3.8) is 0 Å². The molecule has 0 saturated heterocycles. The van der Waals surface area contributed by atoms with Crippen molar-refractivity contribution in [1.29, 1.82) is 0 Å². The van der Waals surface area contributed by atoms with Crippen LogP contribution in [-0.4, -0.2) is 27.0 Å². The van der Waals surface area contributed by atoms with Crippen LogP contribution in [0.1, 0.15) is 5.56 Å². The second kappa shape index (κ2) is 8.53. The van der Waals surface area contributed by atoms with Gasteiger partial charge in [0.1, 0.15) is 5.75 Å². The molecular weight excluding hydrogens is 504 g/mol. The highest BCUT2D eigenvalue weighted by Crippen LogP contribution is 2.37. The van der Waals surface area contributed by atoms with Gasteiger partial charge in [-0.1, -0.05) is 39.7 Å². The minimum Gasteiger partial charge on any atom is -0.476 e. The lowest BCUT2D eigenvalue weighted by Crippen LogP contribution is -2.48. The summed E-state index contributed by atoms with van der Waals surface area (Å²) in [6, 6.07) is 18.1. The molecule has 31 heavy (non-hydrogen) atoms. The zero-order chi connectivity index (χ0) is 22.2. The average molecular weight is 522 g/mol. The zero-order valence-corrected chi connectivity index (χ0v) is 19.5. The highest BCUT2D eigenvalue weighted by Gasteiger charge is 2.37. The van der Waals surface area contributed by atoms with Crippen LogP contribution in [0.5, 0.6) is 5.75 Å². The number of anilines is 2. The van der Waals surface area contributed by atoms with Gasteiger partial charge in [-0.15, -0.1) is 0 Å². The topological polar surface area (TPSA) is 75.7 Å². The summed E-state index contributed by atoms with van der Waals surface area (Å²) in [5.74, 6) is -0.119. The van der Waals surface area contributed by atoms with E-state index in [1.165, 1.54) is 28.6 Å². The Labute approximate surface area is 194 Å². The Morgan fingerprint density at radius 3 is 2.55 bits per heavy atom. The van der Waals surface area contributed by atoms with E-state index in [9.17, 15) is 13.2 Å². The van der Waals surface area contributed by atoms with E-state index in [1.54, 1.807) is 30.3 Å². The van der Waals surface area contributed by atoms with Gasteiger partial charge in [-0.05, 0) is 67.1 Å². The zero-order valence-electron chi connectivity index (χ0n) is 16.4. The molecule has 1 amide bonds. The molecule has 0 spiro atoms. The first-order valence-electron chi connectivity index (χ1n) is 9.37. The van der Waals surface area contributed by atoms with Crippen LogP contribution < -0.4 is 14.4 Å². The summed E-state index contributed by atoms with van der Waals surface area (Å²) in [7, 11) is -3.94. The molecule has 6 nitrogen and oxygen atoms in total. The van der Waals surface area contributed by atoms with Crippen molar-refractivity contribution in [3.8, 4) is 5.75 Å². The van der Waals surface area contributed by atoms with Crippen LogP contribution in [0.3, 0.4) is 0 Å². The van der Waals surface area contributed by atoms with Crippen molar-refractivity contribution in [3.05, 3.63) is 81.8 Å². The van der Waals surface area contributed by atoms with Crippen molar-refractivity contribution >= 4 is 54.8 Å². The summed E-state index contributed by atoms with van der Waals surface area (Å²) in [5.41, 5.74) is 1.93. The summed E-state index contributed by atoms with van der Waals surface area (Å²) < 4.78 is 34.7. The van der Waals surface area contributed by atoms with Crippen LogP contribution >= 0.6 is 27.5 Å². The maximum absolute atomic E-state index is 13.4. The molecule has 0 fully saturated rings. The molecule has 0 saturated carbocycles. The van der Waals surface area contributed by atoms with E-state index in [0.29, 0.717) is 22.1 Å². The number of nitrogens with zero attached hydrogens (tertiary/aromatic N) is 1. The van der Waals surface area contributed by atoms with E-state index in [1.807, 2.05) is 19.1 Å². The number of benzene rings is 3. The smallest absolute Gasteiger partial charge is 0.267 e. The van der Waals surface area contributed by atoms with Gasteiger partial charge in [0.05, 0.1) is 17.1 Å². The van der Waals surface area contributed by atoms with Crippen molar-refractivity contribution in [2.75, 3.05) is 16.2 Å². The number of carbonyl (C=O) groups excluding carboxylic acids is 1. The van der Waals surface area contributed by atoms with Gasteiger partial charge in [-0.3, -0.25) is 9.10 Å². The van der Waals surface area contributed by atoms with Crippen molar-refractivity contribution in [2.24, 2.45) is 0 Å². The van der Waals surface area contributed by atoms with Crippen LogP contribution in [-0.2, 0) is 14.8 Å². The molecule has 0 unspecified atom stereocenters. The maximum atomic E-state index is 13.4. The fraction of sp³-hybridized carbons (Fsp3) is 0.136. The Bertz CT molecular complexity index is 1250. The molecule has 1 aliphatic heterocycles. The first kappa shape index (κ1) is 21.7. The number of amides is 1. The molecule has 1 N–H and O–H groups in total. The fourth-order valence-corrected chi connectivity index (χ4v) is 5.09. The first-order chi connectivity index (χ1) is 14.8. The predicted octanol–water partition coefficient (Wildman–Crippen LogP) is 5.01. The van der Waals surface area contributed by atoms with Crippen LogP contribution in [0.15, 0.2) is 76.1 Å². The summed E-state index contributed by atoms with van der Waals surface area (Å²) in [4.78, 5) is 13.0. The fourth-order valence-electron chi connectivity index (χ4n) is 3.25. The van der Waals surface area contributed by atoms with Crippen molar-refractivity contribution < 1.29 is 17.9 Å². The van der Waals surface area contributed by atoms with Gasteiger partial charge in [0.15, 0.2) is 6.10 Å². The minimum absolute atomic E-state index is 0.0799. The molecule has 1 heterocycles. The highest BCUT2D eigenvalue weighted by atomic mass is 79.9. The van der Waals surface area contributed by atoms with Crippen LogP contribution in [0.4, 0.5) is 11.4 Å². The quantitative estimate of drug-likeness (QED) is 0.524. The van der Waals surface area contributed by atoms with E-state index in [-0.39, 0.29) is 11.4 Å². The summed E-state index contributed by atoms with van der Waals surface area (Å²) in [5, 5.41) is 3.24. The second-order valence-electron chi connectivity index (χ2n) is 7.02. The maximum Gasteiger partial charge on any atom is 0.267 e. The van der Waals surface area contributed by atoms with Crippen molar-refractivity contribution in [1.82, 2.24) is 0 Å². The average Bonchev–Trinajstić information content (AvgIpc) is 2.75. The Hall–Kier alpha value is -2.55. The molecule has 0 bridgehead atoms. The van der Waals surface area contributed by atoms with E-state index in [0.717, 1.165) is 10.0 Å². The SMILES string of the molecule is Cc1cc(NC(=O)[C@@H]2CN(S(=O)(=O)c3ccc(Cl)cc3)c3ccccc3O2)ccc1Br. The van der Waals surface area contributed by atoms with Crippen LogP contribution in [0.2, 0.25) is 5.02 Å². The monoisotopic (exact) mass is 520 g/mol. The van der Waals surface area contributed by atoms with Crippen LogP contribution in [0, 0.1) is 6.92 Å². The van der Waals surface area contributed by atoms with Crippen molar-refractivity contribution in [2.45, 2.75) is 17.9 Å². The molecule has 0 aromatic heterocycles. The molecule has 3 aromatic carbocycles. The van der Waals surface area contributed by atoms with Crippen LogP contribution in [0.25, 0.3) is 0 Å². The number of halogens is 2. The number of nitrogens with one attached hydrogen (secondary N) is 1. The first-order valence-corrected chi connectivity index (χ1v) is 12.0. The number of hydrogen-bond acceptors (Lipinski definition) is 4. The number of sulfonamides is 1. The Morgan fingerprint density at radius 1 is 1.13 bits per heavy atom. The number of hydrogen-bond donors (Lipinski definition) is 1. The third-order valence-corrected chi connectivity index (χ3v) is 7.79. The van der Waals surface area contributed by atoms with Gasteiger partial charge in [0, 0.05) is 15.2 Å². The third kappa shape index (κ3) is 4.42. The number of aryl methyl sites for hydroxylation is 1. The number of rotatable bonds is 4. The standard InChI is InChI=1S/C22H18BrClN2O4S/c1-14-12-16(8-11-18(14)23)25-22(27)21-13-26(19-4-2-3-5-20(19)30-21)31(28,29)17-9-6-15(24)7-10-17/h2-12,21H,13H2,1H3,(H,25,27)/t21-/m0/s1. The summed E-state index contributed by atoms with van der Waals surface area (Å²) in [6.07, 6.45) is -1.03. The number of ether oxygens (including phenoxy) is 1. The molecule has 160 valence electrons. The molecule has 9 heteroatoms. The van der Waals surface area contributed by atoms with E-state index in [2.05, 4.69) is 21.2 Å². The lowest BCUT2D eigenvalue weighted by molar-refractivity contribution is -0.122. The van der Waals surface area contributed by atoms with E-state index >= 15 is 0 Å². The summed E-state index contributed by atoms with van der Waals surface area (Å²) >= 11 is 9.33. The normalized spacial score (nSPS) is 15.7. The third-order valence-electron chi connectivity index (χ3n) is 4.85. The Morgan fingerprint density at radius 2 is 1.84 bits per heavy atom. The molecule has 1 aliphatic rings. The molecule has 3 aromatic rings. The lowest BCUT2D eigenvalue weighted by atomic mass is 10.2. The number of carbonyl (C=O) groups is 1. The van der Waals surface area contributed by atoms with Gasteiger partial charge < -0.3 is 10.1 Å². The predicted molar refractivity (Wildman–Crippen MR) is 124 cm³/mol. The molecular formula is C22H18BrClN2O4S. The molecule has 0 aliphatic carbocycles. The van der Waals surface area contributed by atoms with Gasteiger partial charge >= 0.3 is 0 Å². The molecule has 1 atom stereocenters. The summed E-state index contributed by atoms with van der Waals surface area (Å²) in [6.45, 7) is 1.75. The lowest BCUT2D eigenvalue weighted by Gasteiger charge is -2.34. The number of fused-ring (bicyclic) bond motifs is 1. The van der Waals surface area contributed by atoms with Gasteiger partial charge in [-0.2, -0.15) is 0 Å². The largest absolute Gasteiger partial charge is 0.476 e. The van der Waals surface area contributed by atoms with E-state index in [4.69, 9.17) is 16.3 Å².